The smallest absolute Gasteiger partial charge is 0.433 e. The quantitative estimate of drug-likeness (QED) is 0.0350. The van der Waals surface area contributed by atoms with Crippen LogP contribution < -0.4 is 41.6 Å². The molecule has 1 aromatic carbocycles. The van der Waals surface area contributed by atoms with Gasteiger partial charge in [-0.05, 0) is 135 Å². The molecule has 3 aliphatic rings. The van der Waals surface area contributed by atoms with E-state index in [1.807, 2.05) is 49.4 Å². The van der Waals surface area contributed by atoms with Crippen LogP contribution in [-0.4, -0.2) is 117 Å². The lowest BCUT2D eigenvalue weighted by molar-refractivity contribution is -0.142. The van der Waals surface area contributed by atoms with Gasteiger partial charge in [0.2, 0.25) is 17.7 Å². The molecule has 3 fully saturated rings. The molecular weight excluding hydrogens is 1260 g/mol. The van der Waals surface area contributed by atoms with Gasteiger partial charge in [0, 0.05) is 110 Å². The zero-order chi connectivity index (χ0) is 69.1. The van der Waals surface area contributed by atoms with E-state index in [0.29, 0.717) is 36.2 Å². The van der Waals surface area contributed by atoms with Gasteiger partial charge in [0.05, 0.1) is 14.2 Å². The van der Waals surface area contributed by atoms with E-state index >= 15 is 0 Å². The number of nitrogens with one attached hydrogen (secondary N) is 4. The lowest BCUT2D eigenvalue weighted by Gasteiger charge is -2.40. The minimum Gasteiger partial charge on any atom is -0.497 e. The maximum atomic E-state index is 13.1. The van der Waals surface area contributed by atoms with Crippen molar-refractivity contribution in [3.8, 4) is 57.4 Å². The van der Waals surface area contributed by atoms with Gasteiger partial charge in [-0.15, -0.1) is 0 Å². The number of hydrazine groups is 1. The molecular formula is C68H72F6N18O5. The Labute approximate surface area is 555 Å². The van der Waals surface area contributed by atoms with Crippen molar-refractivity contribution in [1.29, 1.82) is 0 Å². The fourth-order valence-corrected chi connectivity index (χ4v) is 10.1. The summed E-state index contributed by atoms with van der Waals surface area (Å²) in [5.41, 5.74) is 14.1. The summed E-state index contributed by atoms with van der Waals surface area (Å²) in [5.74, 6) is 4.04. The molecule has 506 valence electrons. The van der Waals surface area contributed by atoms with Crippen molar-refractivity contribution in [3.05, 3.63) is 174 Å². The molecule has 0 bridgehead atoms. The number of aromatic nitrogens is 12. The maximum absolute atomic E-state index is 13.1. The highest BCUT2D eigenvalue weighted by Crippen LogP contribution is 2.34. The highest BCUT2D eigenvalue weighted by molar-refractivity contribution is 5.85. The van der Waals surface area contributed by atoms with Crippen molar-refractivity contribution in [2.75, 3.05) is 49.5 Å². The third-order valence-corrected chi connectivity index (χ3v) is 15.2. The van der Waals surface area contributed by atoms with E-state index in [0.717, 1.165) is 104 Å². The number of anilines is 3. The minimum absolute atomic E-state index is 0.0195. The third-order valence-electron chi connectivity index (χ3n) is 15.2. The molecule has 2 aliphatic heterocycles. The molecule has 9 aromatic rings. The van der Waals surface area contributed by atoms with Gasteiger partial charge in [0.15, 0.2) is 29.0 Å². The van der Waals surface area contributed by atoms with Gasteiger partial charge in [-0.1, -0.05) is 39.0 Å². The summed E-state index contributed by atoms with van der Waals surface area (Å²) in [4.78, 5) is 86.7. The molecule has 97 heavy (non-hydrogen) atoms. The molecule has 0 spiro atoms. The molecule has 0 radical (unpaired) electrons. The number of carbonyl (C=O) groups is 3. The van der Waals surface area contributed by atoms with Crippen LogP contribution in [0.15, 0.2) is 140 Å². The molecule has 29 heteroatoms. The first-order valence-electron chi connectivity index (χ1n) is 31.3. The van der Waals surface area contributed by atoms with Crippen LogP contribution in [0.3, 0.4) is 0 Å². The SMILES string of the molecule is CC(CC(N)=O)Cc1cc(C(F)(F)F)nc(-c2ccccn2)n1.CCc1cc(N2CC(Cc3cc(OC)cc(OC)c3)C2)nc(-c2ccncc2)n1.CCc1cc(NNC(=O)C2CC2)nc(-c2ccccn2)n1.O=C1NCCCC1Nc1cc(C(F)(F)F)nc(-c2ccccn2)n1. The van der Waals surface area contributed by atoms with Crippen LogP contribution in [0.25, 0.3) is 45.9 Å². The Bertz CT molecular complexity index is 4060. The van der Waals surface area contributed by atoms with Gasteiger partial charge >= 0.3 is 12.4 Å². The predicted molar refractivity (Wildman–Crippen MR) is 350 cm³/mol. The normalized spacial score (nSPS) is 14.6. The second-order valence-electron chi connectivity index (χ2n) is 22.9. The summed E-state index contributed by atoms with van der Waals surface area (Å²) in [6, 6.07) is 30.2. The van der Waals surface area contributed by atoms with Gasteiger partial charge in [-0.25, -0.2) is 39.9 Å². The van der Waals surface area contributed by atoms with Gasteiger partial charge in [-0.2, -0.15) is 26.3 Å². The van der Waals surface area contributed by atoms with Gasteiger partial charge in [0.25, 0.3) is 0 Å². The van der Waals surface area contributed by atoms with Crippen LogP contribution in [0.1, 0.15) is 86.9 Å². The average Bonchev–Trinajstić information content (AvgIpc) is 1.32. The number of ether oxygens (including phenoxy) is 2. The molecule has 12 rings (SSSR count). The van der Waals surface area contributed by atoms with E-state index in [4.69, 9.17) is 25.2 Å². The van der Waals surface area contributed by atoms with Crippen LogP contribution in [0.5, 0.6) is 11.5 Å². The number of hydrogen-bond donors (Lipinski definition) is 5. The Kier molecular flexibility index (Phi) is 24.0. The highest BCUT2D eigenvalue weighted by Gasteiger charge is 2.36. The van der Waals surface area contributed by atoms with Crippen molar-refractivity contribution < 1.29 is 50.2 Å². The number of nitrogens with two attached hydrogens (primary N) is 1. The average molecular weight is 1340 g/mol. The first-order valence-corrected chi connectivity index (χ1v) is 31.3. The Morgan fingerprint density at radius 3 is 1.72 bits per heavy atom. The van der Waals surface area contributed by atoms with E-state index < -0.39 is 35.7 Å². The zero-order valence-corrected chi connectivity index (χ0v) is 53.8. The fraction of sp³-hybridized carbons (Fsp3) is 0.338. The largest absolute Gasteiger partial charge is 0.497 e. The molecule has 3 amide bonds. The number of alkyl halides is 6. The Morgan fingerprint density at radius 1 is 0.639 bits per heavy atom. The third kappa shape index (κ3) is 20.8. The first-order chi connectivity index (χ1) is 46.6. The summed E-state index contributed by atoms with van der Waals surface area (Å²) in [6.45, 7) is 8.40. The van der Waals surface area contributed by atoms with Gasteiger partial charge < -0.3 is 30.7 Å². The van der Waals surface area contributed by atoms with Crippen LogP contribution in [0, 0.1) is 17.8 Å². The molecule has 8 aromatic heterocycles. The number of nitrogens with zero attached hydrogens (tertiary/aromatic N) is 13. The highest BCUT2D eigenvalue weighted by atomic mass is 19.4. The zero-order valence-electron chi connectivity index (χ0n) is 53.8. The molecule has 1 saturated carbocycles. The summed E-state index contributed by atoms with van der Waals surface area (Å²) < 4.78 is 89.2. The fourth-order valence-electron chi connectivity index (χ4n) is 10.1. The Hall–Kier alpha value is -10.9. The second-order valence-corrected chi connectivity index (χ2v) is 22.9. The molecule has 2 unspecified atom stereocenters. The Balaban J connectivity index is 0.000000153. The van der Waals surface area contributed by atoms with Crippen molar-refractivity contribution in [3.63, 3.8) is 0 Å². The van der Waals surface area contributed by atoms with E-state index in [1.165, 1.54) is 30.1 Å². The van der Waals surface area contributed by atoms with Crippen molar-refractivity contribution in [1.82, 2.24) is 70.6 Å². The van der Waals surface area contributed by atoms with Crippen molar-refractivity contribution >= 4 is 35.2 Å². The van der Waals surface area contributed by atoms with E-state index in [9.17, 15) is 40.7 Å². The second kappa shape index (κ2) is 33.0. The number of benzene rings is 1. The molecule has 2 atom stereocenters. The number of piperidine rings is 1. The van der Waals surface area contributed by atoms with Crippen molar-refractivity contribution in [2.45, 2.75) is 97.0 Å². The van der Waals surface area contributed by atoms with Crippen LogP contribution in [0.2, 0.25) is 0 Å². The summed E-state index contributed by atoms with van der Waals surface area (Å²) in [7, 11) is 3.37. The maximum Gasteiger partial charge on any atom is 0.433 e. The van der Waals surface area contributed by atoms with Crippen molar-refractivity contribution in [2.24, 2.45) is 23.5 Å². The molecule has 2 saturated heterocycles. The van der Waals surface area contributed by atoms with Gasteiger partial charge in [-0.3, -0.25) is 45.2 Å². The predicted octanol–water partition coefficient (Wildman–Crippen LogP) is 10.6. The van der Waals surface area contributed by atoms with E-state index in [2.05, 4.69) is 101 Å². The summed E-state index contributed by atoms with van der Waals surface area (Å²) in [6.07, 6.45) is 5.07. The summed E-state index contributed by atoms with van der Waals surface area (Å²) in [5, 5.41) is 5.43. The van der Waals surface area contributed by atoms with E-state index in [-0.39, 0.29) is 71.0 Å². The minimum atomic E-state index is -4.63. The van der Waals surface area contributed by atoms with Crippen LogP contribution in [-0.2, 0) is 52.4 Å². The van der Waals surface area contributed by atoms with Gasteiger partial charge in [0.1, 0.15) is 57.8 Å². The standard InChI is InChI=1S/C23H26N4O2.C15H14F3N5O.C15H15F3N4O.C15H17N5O/c1-4-19-12-22(26-23(25-19)18-5-7-24-8-6-18)27-14-17(15-27)9-16-10-20(28-2)13-21(11-16)29-3;16-15(17,18)11-8-12(21-10-5-3-7-20-14(10)24)23-13(22-11)9-4-1-2-6-19-9;1-9(7-13(19)23)6-10-8-12(15(16,17)18)22-14(21-10)11-4-2-3-5-20-11;1-2-11-9-13(19-20-15(21)10-6-7-10)18-14(17-11)12-5-3-4-8-16-12/h5-8,10-13,17H,4,9,14-15H2,1-3H3;1-2,4,6,8,10H,3,5,7H2,(H,20,24)(H,21,22,23);2-5,8-9H,6-7H2,1H3,(H2,19,23);3-5,8-10H,2,6-7H2,1H3,(H,20,21)(H,17,18,19). The topological polar surface area (TPSA) is 302 Å². The van der Waals surface area contributed by atoms with Crippen LogP contribution >= 0.6 is 0 Å². The number of halogens is 6. The molecule has 23 nitrogen and oxygen atoms in total. The number of pyridine rings is 4. The molecule has 1 aliphatic carbocycles. The molecule has 10 heterocycles. The summed E-state index contributed by atoms with van der Waals surface area (Å²) >= 11 is 0. The lowest BCUT2D eigenvalue weighted by Crippen LogP contribution is -2.48. The number of methoxy groups -OCH3 is 2. The monoisotopic (exact) mass is 1330 g/mol. The number of primary amides is 1. The lowest BCUT2D eigenvalue weighted by atomic mass is 9.92. The number of amides is 3. The van der Waals surface area contributed by atoms with E-state index in [1.54, 1.807) is 64.0 Å². The number of hydrogen-bond acceptors (Lipinski definition) is 20. The number of carbonyl (C=O) groups excluding carboxylic acids is 3. The number of aryl methyl sites for hydroxylation is 2. The Morgan fingerprint density at radius 2 is 1.19 bits per heavy atom. The first kappa shape index (κ1) is 70.4. The van der Waals surface area contributed by atoms with Crippen LogP contribution in [0.4, 0.5) is 43.8 Å². The number of rotatable bonds is 20. The molecule has 6 N–H and O–H groups in total.